The normalized spacial score (nSPS) is 12.8. The summed E-state index contributed by atoms with van der Waals surface area (Å²) in [6.45, 7) is 2.65. The molecule has 0 radical (unpaired) electrons. The fraction of sp³-hybridized carbons (Fsp3) is 0.333. The van der Waals surface area contributed by atoms with Crippen molar-refractivity contribution < 1.29 is 45.4 Å². The summed E-state index contributed by atoms with van der Waals surface area (Å²) in [6.07, 6.45) is -2.10. The van der Waals surface area contributed by atoms with Crippen molar-refractivity contribution in [3.05, 3.63) is 72.8 Å². The van der Waals surface area contributed by atoms with Crippen molar-refractivity contribution in [1.82, 2.24) is 0 Å². The van der Waals surface area contributed by atoms with Gasteiger partial charge in [0.25, 0.3) is 0 Å². The Morgan fingerprint density at radius 3 is 1.41 bits per heavy atom. The van der Waals surface area contributed by atoms with Crippen LogP contribution in [0.25, 0.3) is 0 Å². The molecule has 212 valence electrons. The highest BCUT2D eigenvalue weighted by molar-refractivity contribution is 7.97. The Hall–Kier alpha value is -2.90. The van der Waals surface area contributed by atoms with E-state index < -0.39 is 32.4 Å². The fourth-order valence-electron chi connectivity index (χ4n) is 3.37. The van der Waals surface area contributed by atoms with E-state index in [1.807, 2.05) is 48.5 Å². The van der Waals surface area contributed by atoms with E-state index in [1.165, 1.54) is 12.1 Å². The Morgan fingerprint density at radius 1 is 0.718 bits per heavy atom. The van der Waals surface area contributed by atoms with Gasteiger partial charge in [-0.25, -0.2) is 0 Å². The second-order valence-electron chi connectivity index (χ2n) is 8.20. The first kappa shape index (κ1) is 30.6. The number of halogens is 2. The van der Waals surface area contributed by atoms with Gasteiger partial charge in [-0.3, -0.25) is 4.55 Å². The van der Waals surface area contributed by atoms with Crippen molar-refractivity contribution in [1.29, 1.82) is 0 Å². The molecule has 3 aromatic rings. The lowest BCUT2D eigenvalue weighted by molar-refractivity contribution is -0.0236. The molecule has 0 amide bonds. The van der Waals surface area contributed by atoms with Gasteiger partial charge in [-0.15, -0.1) is 0 Å². The third-order valence-electron chi connectivity index (χ3n) is 5.42. The molecule has 0 aliphatic heterocycles. The van der Waals surface area contributed by atoms with Crippen molar-refractivity contribution in [3.63, 3.8) is 0 Å². The van der Waals surface area contributed by atoms with E-state index in [1.54, 1.807) is 26.4 Å². The van der Waals surface area contributed by atoms with E-state index >= 15 is 0 Å². The highest BCUT2D eigenvalue weighted by atomic mass is 32.2. The Bertz CT molecular complexity index is 1220. The second kappa shape index (κ2) is 13.9. The van der Waals surface area contributed by atoms with Crippen LogP contribution >= 0.6 is 0 Å². The van der Waals surface area contributed by atoms with Crippen molar-refractivity contribution in [2.75, 3.05) is 40.6 Å². The standard InChI is InChI=1S/C27H30F2O8S2/c1-20(27(28,29)39(30,31)32)37-23-8-14-26(15-9-23)38(24-10-4-21(5-11-24)35-18-16-33-2)25-12-6-22(7-13-25)36-19-17-34-3/h4-15,20H,16-19H2,1-3H3/p+1. The van der Waals surface area contributed by atoms with Crippen molar-refractivity contribution in [2.45, 2.75) is 33.0 Å². The summed E-state index contributed by atoms with van der Waals surface area (Å²) in [7, 11) is -3.03. The monoisotopic (exact) mass is 585 g/mol. The summed E-state index contributed by atoms with van der Waals surface area (Å²) in [6, 6.07) is 21.7. The molecule has 0 aromatic heterocycles. The van der Waals surface area contributed by atoms with Gasteiger partial charge in [-0.2, -0.15) is 17.2 Å². The maximum absolute atomic E-state index is 13.9. The first-order chi connectivity index (χ1) is 18.6. The molecule has 8 nitrogen and oxygen atoms in total. The van der Waals surface area contributed by atoms with E-state index in [0.717, 1.165) is 21.6 Å². The molecular formula is C27H31F2O8S2+. The second-order valence-corrected chi connectivity index (χ2v) is 11.7. The Morgan fingerprint density at radius 2 is 1.08 bits per heavy atom. The van der Waals surface area contributed by atoms with E-state index in [4.69, 9.17) is 28.2 Å². The summed E-state index contributed by atoms with van der Waals surface area (Å²) in [5.74, 6) is 1.42. The van der Waals surface area contributed by atoms with Crippen molar-refractivity contribution >= 4 is 21.0 Å². The zero-order valence-electron chi connectivity index (χ0n) is 21.7. The lowest BCUT2D eigenvalue weighted by Crippen LogP contribution is -2.42. The molecule has 0 aliphatic carbocycles. The summed E-state index contributed by atoms with van der Waals surface area (Å²) in [4.78, 5) is 2.81. The minimum Gasteiger partial charge on any atom is -0.491 e. The molecule has 3 aromatic carbocycles. The van der Waals surface area contributed by atoms with Crippen LogP contribution in [0.15, 0.2) is 87.5 Å². The van der Waals surface area contributed by atoms with Crippen LogP contribution in [0.4, 0.5) is 8.78 Å². The number of benzene rings is 3. The minimum absolute atomic E-state index is 0.0295. The molecule has 0 bridgehead atoms. The zero-order valence-corrected chi connectivity index (χ0v) is 23.3. The van der Waals surface area contributed by atoms with Crippen LogP contribution in [0.2, 0.25) is 0 Å². The number of methoxy groups -OCH3 is 2. The Kier molecular flexibility index (Phi) is 11.0. The molecule has 0 heterocycles. The highest BCUT2D eigenvalue weighted by Crippen LogP contribution is 2.35. The van der Waals surface area contributed by atoms with Gasteiger partial charge in [0.15, 0.2) is 20.8 Å². The number of rotatable bonds is 15. The molecule has 0 saturated carbocycles. The summed E-state index contributed by atoms with van der Waals surface area (Å²) >= 11 is 0. The quantitative estimate of drug-likeness (QED) is 0.150. The maximum atomic E-state index is 13.9. The van der Waals surface area contributed by atoms with Crippen LogP contribution in [0, 0.1) is 0 Å². The number of hydrogen-bond acceptors (Lipinski definition) is 7. The minimum atomic E-state index is -5.63. The number of alkyl halides is 2. The van der Waals surface area contributed by atoms with Crippen LogP contribution in [-0.4, -0.2) is 65.0 Å². The van der Waals surface area contributed by atoms with Crippen LogP contribution in [0.3, 0.4) is 0 Å². The SMILES string of the molecule is COCCOc1ccc([S+](c2ccc(OCCOC)cc2)c2ccc(OC(C)C(F)(F)S(=O)(=O)O)cc2)cc1. The summed E-state index contributed by atoms with van der Waals surface area (Å²) < 4.78 is 85.3. The van der Waals surface area contributed by atoms with Gasteiger partial charge >= 0.3 is 15.4 Å². The molecule has 3 rings (SSSR count). The molecule has 0 saturated heterocycles. The molecule has 39 heavy (non-hydrogen) atoms. The van der Waals surface area contributed by atoms with E-state index in [-0.39, 0.29) is 5.75 Å². The zero-order chi connectivity index (χ0) is 28.5. The molecule has 1 N–H and O–H groups in total. The van der Waals surface area contributed by atoms with Gasteiger partial charge in [0.05, 0.1) is 24.1 Å². The van der Waals surface area contributed by atoms with Gasteiger partial charge in [-0.1, -0.05) is 0 Å². The summed E-state index contributed by atoms with van der Waals surface area (Å²) in [5, 5.41) is -4.46. The fourth-order valence-corrected chi connectivity index (χ4v) is 5.88. The smallest absolute Gasteiger partial charge is 0.405 e. The predicted molar refractivity (Wildman–Crippen MR) is 143 cm³/mol. The van der Waals surface area contributed by atoms with Crippen molar-refractivity contribution in [3.8, 4) is 17.2 Å². The molecule has 1 unspecified atom stereocenters. The van der Waals surface area contributed by atoms with Crippen LogP contribution in [0.5, 0.6) is 17.2 Å². The predicted octanol–water partition coefficient (Wildman–Crippen LogP) is 5.08. The van der Waals surface area contributed by atoms with Gasteiger partial charge in [0, 0.05) is 14.2 Å². The third kappa shape index (κ3) is 8.29. The average molecular weight is 586 g/mol. The first-order valence-corrected chi connectivity index (χ1v) is 14.5. The topological polar surface area (TPSA) is 101 Å². The number of hydrogen-bond donors (Lipinski definition) is 1. The van der Waals surface area contributed by atoms with Gasteiger partial charge < -0.3 is 23.7 Å². The highest BCUT2D eigenvalue weighted by Gasteiger charge is 2.51. The average Bonchev–Trinajstić information content (AvgIpc) is 2.91. The molecule has 1 atom stereocenters. The lowest BCUT2D eigenvalue weighted by atomic mass is 10.3. The Balaban J connectivity index is 1.88. The molecule has 0 spiro atoms. The number of ether oxygens (including phenoxy) is 5. The van der Waals surface area contributed by atoms with Crippen LogP contribution in [-0.2, 0) is 30.5 Å². The largest absolute Gasteiger partial charge is 0.491 e. The molecular weight excluding hydrogens is 554 g/mol. The maximum Gasteiger partial charge on any atom is 0.405 e. The molecule has 0 fully saturated rings. The summed E-state index contributed by atoms with van der Waals surface area (Å²) in [5.41, 5.74) is 0. The van der Waals surface area contributed by atoms with Crippen LogP contribution in [0.1, 0.15) is 6.92 Å². The van der Waals surface area contributed by atoms with E-state index in [9.17, 15) is 17.2 Å². The molecule has 0 aliphatic rings. The van der Waals surface area contributed by atoms with E-state index in [2.05, 4.69) is 0 Å². The lowest BCUT2D eigenvalue weighted by Gasteiger charge is -2.21. The van der Waals surface area contributed by atoms with E-state index in [0.29, 0.717) is 37.9 Å². The van der Waals surface area contributed by atoms with Crippen molar-refractivity contribution in [2.24, 2.45) is 0 Å². The first-order valence-electron chi connectivity index (χ1n) is 11.9. The third-order valence-corrected chi connectivity index (χ3v) is 8.67. The van der Waals surface area contributed by atoms with Gasteiger partial charge in [0.2, 0.25) is 0 Å². The van der Waals surface area contributed by atoms with Crippen LogP contribution < -0.4 is 14.2 Å². The van der Waals surface area contributed by atoms with Gasteiger partial charge in [-0.05, 0) is 79.7 Å². The van der Waals surface area contributed by atoms with Gasteiger partial charge in [0.1, 0.15) is 30.5 Å². The Labute approximate surface area is 229 Å². The molecule has 12 heteroatoms.